The number of anilines is 2. The molecule has 2 aromatic carbocycles. The van der Waals surface area contributed by atoms with Gasteiger partial charge in [0, 0.05) is 31.4 Å². The Labute approximate surface area is 189 Å². The van der Waals surface area contributed by atoms with Crippen molar-refractivity contribution in [2.24, 2.45) is 7.05 Å². The van der Waals surface area contributed by atoms with Crippen LogP contribution in [-0.2, 0) is 40.2 Å². The zero-order valence-corrected chi connectivity index (χ0v) is 18.7. The Morgan fingerprint density at radius 1 is 1.18 bits per heavy atom. The number of hydrogen-bond donors (Lipinski definition) is 2. The van der Waals surface area contributed by atoms with Gasteiger partial charge in [-0.15, -0.1) is 0 Å². The summed E-state index contributed by atoms with van der Waals surface area (Å²) in [7, 11) is -2.46. The minimum Gasteiger partial charge on any atom is -0.379 e. The first-order valence-corrected chi connectivity index (χ1v) is 12.1. The lowest BCUT2D eigenvalue weighted by Gasteiger charge is -2.37. The molecule has 0 radical (unpaired) electrons. The molecule has 2 aliphatic carbocycles. The molecule has 5 rings (SSSR count). The minimum atomic E-state index is -4.32. The quantitative estimate of drug-likeness (QED) is 0.571. The Balaban J connectivity index is 1.53. The van der Waals surface area contributed by atoms with Crippen LogP contribution in [0.3, 0.4) is 0 Å². The molecule has 33 heavy (non-hydrogen) atoms. The second kappa shape index (κ2) is 7.65. The van der Waals surface area contributed by atoms with Gasteiger partial charge in [-0.2, -0.15) is 0 Å². The molecule has 172 valence electrons. The smallest absolute Gasteiger partial charge is 0.264 e. The average Bonchev–Trinajstić information content (AvgIpc) is 3.25. The number of fused-ring (bicyclic) bond motifs is 2. The number of aryl methyl sites for hydroxylation is 1. The molecule has 2 aliphatic rings. The SMILES string of the molecule is Cn1cnc(CNc2cc(NS(=O)(=O)c3ccc(F)cc3F)cc3c2CC(=O)C32CCC2)c1. The molecule has 1 fully saturated rings. The predicted octanol–water partition coefficient (Wildman–Crippen LogP) is 3.66. The average molecular weight is 473 g/mol. The number of carbonyl (C=O) groups is 1. The Morgan fingerprint density at radius 3 is 2.61 bits per heavy atom. The molecule has 10 heteroatoms. The summed E-state index contributed by atoms with van der Waals surface area (Å²) >= 11 is 0. The van der Waals surface area contributed by atoms with Gasteiger partial charge in [0.15, 0.2) is 0 Å². The van der Waals surface area contributed by atoms with E-state index < -0.39 is 32.0 Å². The summed E-state index contributed by atoms with van der Waals surface area (Å²) in [6.07, 6.45) is 6.19. The van der Waals surface area contributed by atoms with Crippen LogP contribution in [0.4, 0.5) is 20.2 Å². The summed E-state index contributed by atoms with van der Waals surface area (Å²) in [6.45, 7) is 0.386. The molecule has 0 amide bonds. The maximum absolute atomic E-state index is 14.2. The number of carbonyl (C=O) groups excluding carboxylic acids is 1. The van der Waals surface area contributed by atoms with E-state index in [9.17, 15) is 22.0 Å². The highest BCUT2D eigenvalue weighted by Gasteiger charge is 2.51. The van der Waals surface area contributed by atoms with Crippen molar-refractivity contribution in [3.8, 4) is 0 Å². The van der Waals surface area contributed by atoms with Crippen LogP contribution in [0, 0.1) is 11.6 Å². The molecule has 0 atom stereocenters. The predicted molar refractivity (Wildman–Crippen MR) is 118 cm³/mol. The summed E-state index contributed by atoms with van der Waals surface area (Å²) in [6, 6.07) is 5.58. The van der Waals surface area contributed by atoms with Gasteiger partial charge >= 0.3 is 0 Å². The third kappa shape index (κ3) is 3.68. The van der Waals surface area contributed by atoms with E-state index in [0.717, 1.165) is 48.2 Å². The van der Waals surface area contributed by atoms with Crippen molar-refractivity contribution in [2.45, 2.75) is 42.5 Å². The lowest BCUT2D eigenvalue weighted by atomic mass is 9.64. The van der Waals surface area contributed by atoms with Gasteiger partial charge in [-0.1, -0.05) is 6.42 Å². The first-order valence-electron chi connectivity index (χ1n) is 10.6. The van der Waals surface area contributed by atoms with Crippen LogP contribution >= 0.6 is 0 Å². The molecule has 7 nitrogen and oxygen atoms in total. The van der Waals surface area contributed by atoms with Gasteiger partial charge in [0.1, 0.15) is 22.3 Å². The van der Waals surface area contributed by atoms with E-state index in [1.54, 1.807) is 18.5 Å². The second-order valence-electron chi connectivity index (χ2n) is 8.65. The van der Waals surface area contributed by atoms with E-state index >= 15 is 0 Å². The van der Waals surface area contributed by atoms with E-state index in [1.165, 1.54) is 0 Å². The lowest BCUT2D eigenvalue weighted by Crippen LogP contribution is -2.39. The molecule has 1 spiro atoms. The third-order valence-corrected chi connectivity index (χ3v) is 7.91. The number of nitrogens with one attached hydrogen (secondary N) is 2. The van der Waals surface area contributed by atoms with Crippen molar-refractivity contribution in [1.82, 2.24) is 9.55 Å². The number of hydrogen-bond acceptors (Lipinski definition) is 5. The van der Waals surface area contributed by atoms with Gasteiger partial charge in [-0.05, 0) is 48.2 Å². The van der Waals surface area contributed by atoms with E-state index in [0.29, 0.717) is 18.3 Å². The van der Waals surface area contributed by atoms with Crippen LogP contribution in [0.5, 0.6) is 0 Å². The van der Waals surface area contributed by atoms with Crippen LogP contribution in [-0.4, -0.2) is 23.8 Å². The monoisotopic (exact) mass is 472 g/mol. The first kappa shape index (κ1) is 21.6. The van der Waals surface area contributed by atoms with Gasteiger partial charge in [0.05, 0.1) is 29.7 Å². The van der Waals surface area contributed by atoms with Crippen molar-refractivity contribution < 1.29 is 22.0 Å². The summed E-state index contributed by atoms with van der Waals surface area (Å²) in [5.74, 6) is -1.91. The summed E-state index contributed by atoms with van der Waals surface area (Å²) in [4.78, 5) is 16.5. The zero-order chi connectivity index (χ0) is 23.4. The van der Waals surface area contributed by atoms with Gasteiger partial charge in [-0.3, -0.25) is 9.52 Å². The van der Waals surface area contributed by atoms with Crippen molar-refractivity contribution >= 4 is 27.2 Å². The van der Waals surface area contributed by atoms with Gasteiger partial charge in [0.2, 0.25) is 0 Å². The number of Topliss-reactive ketones (excluding diaryl/α,β-unsaturated/α-hetero) is 1. The summed E-state index contributed by atoms with van der Waals surface area (Å²) in [5.41, 5.74) is 2.70. The molecule has 2 N–H and O–H groups in total. The third-order valence-electron chi connectivity index (χ3n) is 6.50. The molecule has 0 aliphatic heterocycles. The lowest BCUT2D eigenvalue weighted by molar-refractivity contribution is -0.125. The Kier molecular flexibility index (Phi) is 5.00. The Hall–Kier alpha value is -3.27. The Morgan fingerprint density at radius 2 is 1.97 bits per heavy atom. The number of nitrogens with zero attached hydrogens (tertiary/aromatic N) is 2. The van der Waals surface area contributed by atoms with Crippen molar-refractivity contribution in [3.05, 3.63) is 71.3 Å². The molecule has 3 aromatic rings. The largest absolute Gasteiger partial charge is 0.379 e. The van der Waals surface area contributed by atoms with Crippen molar-refractivity contribution in [2.75, 3.05) is 10.0 Å². The molecule has 1 saturated carbocycles. The van der Waals surface area contributed by atoms with Crippen LogP contribution in [0.15, 0.2) is 47.8 Å². The number of halogens is 2. The number of rotatable bonds is 6. The zero-order valence-electron chi connectivity index (χ0n) is 17.9. The summed E-state index contributed by atoms with van der Waals surface area (Å²) in [5, 5.41) is 3.28. The first-order chi connectivity index (χ1) is 15.7. The van der Waals surface area contributed by atoms with E-state index in [1.807, 2.05) is 17.8 Å². The molecule has 1 heterocycles. The van der Waals surface area contributed by atoms with Gasteiger partial charge in [0.25, 0.3) is 10.0 Å². The molecule has 0 bridgehead atoms. The van der Waals surface area contributed by atoms with E-state index in [4.69, 9.17) is 0 Å². The molecular formula is C23H22F2N4O3S. The molecular weight excluding hydrogens is 450 g/mol. The number of aromatic nitrogens is 2. The van der Waals surface area contributed by atoms with Crippen LogP contribution < -0.4 is 10.0 Å². The fourth-order valence-electron chi connectivity index (χ4n) is 4.71. The highest BCUT2D eigenvalue weighted by molar-refractivity contribution is 7.92. The fraction of sp³-hybridized carbons (Fsp3) is 0.304. The number of sulfonamides is 1. The van der Waals surface area contributed by atoms with Crippen LogP contribution in [0.25, 0.3) is 0 Å². The fourth-order valence-corrected chi connectivity index (χ4v) is 5.81. The highest BCUT2D eigenvalue weighted by Crippen LogP contribution is 2.52. The molecule has 0 unspecified atom stereocenters. The Bertz CT molecular complexity index is 1380. The van der Waals surface area contributed by atoms with Crippen LogP contribution in [0.2, 0.25) is 0 Å². The highest BCUT2D eigenvalue weighted by atomic mass is 32.2. The maximum Gasteiger partial charge on any atom is 0.264 e. The van der Waals surface area contributed by atoms with Gasteiger partial charge in [-0.25, -0.2) is 22.2 Å². The van der Waals surface area contributed by atoms with Crippen molar-refractivity contribution in [1.29, 1.82) is 0 Å². The second-order valence-corrected chi connectivity index (χ2v) is 10.3. The maximum atomic E-state index is 14.2. The van der Waals surface area contributed by atoms with E-state index in [-0.39, 0.29) is 17.9 Å². The number of imidazole rings is 1. The normalized spacial score (nSPS) is 16.5. The van der Waals surface area contributed by atoms with E-state index in [2.05, 4.69) is 15.0 Å². The van der Waals surface area contributed by atoms with Gasteiger partial charge < -0.3 is 9.88 Å². The minimum absolute atomic E-state index is 0.134. The summed E-state index contributed by atoms with van der Waals surface area (Å²) < 4.78 is 57.4. The number of ketones is 1. The molecule has 0 saturated heterocycles. The topological polar surface area (TPSA) is 93.1 Å². The standard InChI is InChI=1S/C23H22F2N4O3S/c1-29-12-16(27-13-29)11-26-20-9-15(8-18-17(20)10-22(30)23(18)5-2-6-23)28-33(31,32)21-4-3-14(24)7-19(21)25/h3-4,7-9,12-13,26,28H,2,5-6,10-11H2,1H3. The van der Waals surface area contributed by atoms with Crippen LogP contribution in [0.1, 0.15) is 36.1 Å². The molecule has 1 aromatic heterocycles. The van der Waals surface area contributed by atoms with Crippen molar-refractivity contribution in [3.63, 3.8) is 0 Å². The number of benzene rings is 2.